The van der Waals surface area contributed by atoms with E-state index in [4.69, 9.17) is 11.6 Å². The number of hydrogen-bond acceptors (Lipinski definition) is 1. The SMILES string of the molecule is CNCc1cc(Cl)ccc1-c1ccc(Br)cc1. The van der Waals surface area contributed by atoms with Gasteiger partial charge in [-0.2, -0.15) is 0 Å². The molecule has 0 aliphatic carbocycles. The van der Waals surface area contributed by atoms with Crippen LogP contribution >= 0.6 is 27.5 Å². The minimum absolute atomic E-state index is 0.774. The van der Waals surface area contributed by atoms with Gasteiger partial charge in [0.05, 0.1) is 0 Å². The Morgan fingerprint density at radius 2 is 1.82 bits per heavy atom. The first-order valence-corrected chi connectivity index (χ1v) is 6.57. The molecule has 1 nitrogen and oxygen atoms in total. The quantitative estimate of drug-likeness (QED) is 0.881. The summed E-state index contributed by atoms with van der Waals surface area (Å²) in [5.74, 6) is 0. The summed E-state index contributed by atoms with van der Waals surface area (Å²) in [4.78, 5) is 0. The van der Waals surface area contributed by atoms with E-state index in [1.54, 1.807) is 0 Å². The Hall–Kier alpha value is -0.830. The van der Waals surface area contributed by atoms with E-state index in [1.165, 1.54) is 16.7 Å². The van der Waals surface area contributed by atoms with Crippen molar-refractivity contribution in [3.63, 3.8) is 0 Å². The second kappa shape index (κ2) is 5.67. The lowest BCUT2D eigenvalue weighted by atomic mass is 10.00. The van der Waals surface area contributed by atoms with Crippen LogP contribution in [0.3, 0.4) is 0 Å². The Balaban J connectivity index is 2.46. The third kappa shape index (κ3) is 3.09. The summed E-state index contributed by atoms with van der Waals surface area (Å²) in [6.45, 7) is 0.811. The topological polar surface area (TPSA) is 12.0 Å². The molecule has 2 rings (SSSR count). The van der Waals surface area contributed by atoms with Crippen LogP contribution in [0.4, 0.5) is 0 Å². The highest BCUT2D eigenvalue weighted by molar-refractivity contribution is 9.10. The molecule has 0 radical (unpaired) electrons. The molecular weight excluding hydrogens is 298 g/mol. The third-order valence-corrected chi connectivity index (χ3v) is 3.35. The second-order valence-corrected chi connectivity index (χ2v) is 5.19. The van der Waals surface area contributed by atoms with Gasteiger partial charge >= 0.3 is 0 Å². The van der Waals surface area contributed by atoms with Gasteiger partial charge in [0.15, 0.2) is 0 Å². The van der Waals surface area contributed by atoms with Crippen molar-refractivity contribution in [2.45, 2.75) is 6.54 Å². The van der Waals surface area contributed by atoms with Gasteiger partial charge in [-0.15, -0.1) is 0 Å². The standard InChI is InChI=1S/C14H13BrClN/c1-17-9-11-8-13(16)6-7-14(11)10-2-4-12(15)5-3-10/h2-8,17H,9H2,1H3. The maximum atomic E-state index is 6.03. The van der Waals surface area contributed by atoms with Crippen molar-refractivity contribution in [1.82, 2.24) is 5.32 Å². The lowest BCUT2D eigenvalue weighted by Crippen LogP contribution is -2.06. The predicted molar refractivity (Wildman–Crippen MR) is 77.4 cm³/mol. The van der Waals surface area contributed by atoms with Crippen LogP contribution in [0.2, 0.25) is 5.02 Å². The van der Waals surface area contributed by atoms with Gasteiger partial charge in [0.25, 0.3) is 0 Å². The van der Waals surface area contributed by atoms with Gasteiger partial charge in [-0.1, -0.05) is 45.7 Å². The molecule has 1 N–H and O–H groups in total. The molecule has 2 aromatic rings. The van der Waals surface area contributed by atoms with Crippen LogP contribution in [0.1, 0.15) is 5.56 Å². The van der Waals surface area contributed by atoms with E-state index in [9.17, 15) is 0 Å². The zero-order valence-corrected chi connectivity index (χ0v) is 11.8. The highest BCUT2D eigenvalue weighted by atomic mass is 79.9. The number of nitrogens with one attached hydrogen (secondary N) is 1. The predicted octanol–water partition coefficient (Wildman–Crippen LogP) is 4.49. The van der Waals surface area contributed by atoms with Crippen LogP contribution in [0.15, 0.2) is 46.9 Å². The minimum Gasteiger partial charge on any atom is -0.316 e. The fourth-order valence-electron chi connectivity index (χ4n) is 1.81. The molecule has 0 atom stereocenters. The highest BCUT2D eigenvalue weighted by Crippen LogP contribution is 2.27. The Kier molecular flexibility index (Phi) is 4.21. The summed E-state index contributed by atoms with van der Waals surface area (Å²) in [6, 6.07) is 14.3. The van der Waals surface area contributed by atoms with Gasteiger partial charge in [0.2, 0.25) is 0 Å². The zero-order chi connectivity index (χ0) is 12.3. The minimum atomic E-state index is 0.774. The van der Waals surface area contributed by atoms with E-state index >= 15 is 0 Å². The van der Waals surface area contributed by atoms with Crippen molar-refractivity contribution >= 4 is 27.5 Å². The van der Waals surface area contributed by atoms with Crippen molar-refractivity contribution in [1.29, 1.82) is 0 Å². The second-order valence-electron chi connectivity index (χ2n) is 3.84. The lowest BCUT2D eigenvalue weighted by Gasteiger charge is -2.10. The normalized spacial score (nSPS) is 10.5. The number of halogens is 2. The van der Waals surface area contributed by atoms with Gasteiger partial charge in [-0.25, -0.2) is 0 Å². The molecule has 0 heterocycles. The van der Waals surface area contributed by atoms with Crippen LogP contribution in [-0.4, -0.2) is 7.05 Å². The molecule has 0 aromatic heterocycles. The molecule has 0 fully saturated rings. The number of hydrogen-bond donors (Lipinski definition) is 1. The van der Waals surface area contributed by atoms with Crippen molar-refractivity contribution in [2.75, 3.05) is 7.05 Å². The number of rotatable bonds is 3. The molecule has 0 bridgehead atoms. The highest BCUT2D eigenvalue weighted by Gasteiger charge is 2.05. The Labute approximate surface area is 115 Å². The Bertz CT molecular complexity index is 508. The van der Waals surface area contributed by atoms with Crippen molar-refractivity contribution < 1.29 is 0 Å². The smallest absolute Gasteiger partial charge is 0.0409 e. The molecule has 0 spiro atoms. The molecule has 0 unspecified atom stereocenters. The summed E-state index contributed by atoms with van der Waals surface area (Å²) in [6.07, 6.45) is 0. The average Bonchev–Trinajstić information content (AvgIpc) is 2.31. The lowest BCUT2D eigenvalue weighted by molar-refractivity contribution is 0.819. The summed E-state index contributed by atoms with van der Waals surface area (Å²) in [7, 11) is 1.94. The molecular formula is C14H13BrClN. The summed E-state index contributed by atoms with van der Waals surface area (Å²) in [5.41, 5.74) is 3.63. The van der Waals surface area contributed by atoms with E-state index in [0.717, 1.165) is 16.0 Å². The summed E-state index contributed by atoms with van der Waals surface area (Å²) < 4.78 is 1.09. The van der Waals surface area contributed by atoms with E-state index in [0.29, 0.717) is 0 Å². The first-order chi connectivity index (χ1) is 8.20. The van der Waals surface area contributed by atoms with Gasteiger partial charge < -0.3 is 5.32 Å². The van der Waals surface area contributed by atoms with E-state index < -0.39 is 0 Å². The first-order valence-electron chi connectivity index (χ1n) is 5.39. The summed E-state index contributed by atoms with van der Waals surface area (Å²) >= 11 is 9.48. The molecule has 17 heavy (non-hydrogen) atoms. The van der Waals surface area contributed by atoms with Crippen molar-refractivity contribution in [3.8, 4) is 11.1 Å². The van der Waals surface area contributed by atoms with Crippen LogP contribution < -0.4 is 5.32 Å². The third-order valence-electron chi connectivity index (χ3n) is 2.59. The maximum absolute atomic E-state index is 6.03. The van der Waals surface area contributed by atoms with Crippen LogP contribution in [0.5, 0.6) is 0 Å². The Morgan fingerprint density at radius 1 is 1.12 bits per heavy atom. The van der Waals surface area contributed by atoms with Crippen molar-refractivity contribution in [2.24, 2.45) is 0 Å². The van der Waals surface area contributed by atoms with Gasteiger partial charge in [-0.05, 0) is 48.0 Å². The molecule has 0 aliphatic rings. The van der Waals surface area contributed by atoms with Gasteiger partial charge in [-0.3, -0.25) is 0 Å². The Morgan fingerprint density at radius 3 is 2.47 bits per heavy atom. The molecule has 88 valence electrons. The van der Waals surface area contributed by atoms with E-state index in [-0.39, 0.29) is 0 Å². The fraction of sp³-hybridized carbons (Fsp3) is 0.143. The monoisotopic (exact) mass is 309 g/mol. The van der Waals surface area contributed by atoms with Gasteiger partial charge in [0, 0.05) is 16.0 Å². The van der Waals surface area contributed by atoms with Crippen LogP contribution in [0, 0.1) is 0 Å². The van der Waals surface area contributed by atoms with Gasteiger partial charge in [0.1, 0.15) is 0 Å². The molecule has 3 heteroatoms. The first kappa shape index (κ1) is 12.6. The molecule has 0 amide bonds. The zero-order valence-electron chi connectivity index (χ0n) is 9.50. The summed E-state index contributed by atoms with van der Waals surface area (Å²) in [5, 5.41) is 3.94. The van der Waals surface area contributed by atoms with E-state index in [1.807, 2.05) is 31.3 Å². The van der Waals surface area contributed by atoms with Crippen LogP contribution in [0.25, 0.3) is 11.1 Å². The van der Waals surface area contributed by atoms with Crippen LogP contribution in [-0.2, 0) is 6.54 Å². The average molecular weight is 311 g/mol. The largest absolute Gasteiger partial charge is 0.316 e. The molecule has 2 aromatic carbocycles. The molecule has 0 saturated heterocycles. The van der Waals surface area contributed by atoms with Crippen molar-refractivity contribution in [3.05, 3.63) is 57.5 Å². The van der Waals surface area contributed by atoms with E-state index in [2.05, 4.69) is 39.4 Å². The molecule has 0 aliphatic heterocycles. The maximum Gasteiger partial charge on any atom is 0.0409 e. The number of benzene rings is 2. The molecule has 0 saturated carbocycles. The fourth-order valence-corrected chi connectivity index (χ4v) is 2.27.